The molecule has 0 spiro atoms. The second kappa shape index (κ2) is 10.8. The van der Waals surface area contributed by atoms with E-state index >= 15 is 0 Å². The van der Waals surface area contributed by atoms with Crippen LogP contribution < -0.4 is 0 Å². The fourth-order valence-electron chi connectivity index (χ4n) is 7.91. The van der Waals surface area contributed by atoms with Gasteiger partial charge in [-0.25, -0.2) is 9.97 Å². The highest BCUT2D eigenvalue weighted by Gasteiger charge is 2.20. The SMILES string of the molecule is c1ccc(-c2nc(-c3ccc4c5ccccc5n(-c5cccc6oc7ccccc7c56)c4c3)cc(-n3c4ccccc4c4ccccc43)n2)cc1. The van der Waals surface area contributed by atoms with Crippen LogP contribution in [0.4, 0.5) is 0 Å². The topological polar surface area (TPSA) is 48.8 Å². The summed E-state index contributed by atoms with van der Waals surface area (Å²) in [7, 11) is 0. The third-order valence-corrected chi connectivity index (χ3v) is 10.1. The molecule has 0 unspecified atom stereocenters. The van der Waals surface area contributed by atoms with Crippen molar-refractivity contribution in [3.8, 4) is 34.2 Å². The summed E-state index contributed by atoms with van der Waals surface area (Å²) in [6, 6.07) is 59.4. The number of fused-ring (bicyclic) bond motifs is 9. The van der Waals surface area contributed by atoms with Crippen LogP contribution >= 0.6 is 0 Å². The van der Waals surface area contributed by atoms with Gasteiger partial charge in [0.2, 0.25) is 0 Å². The summed E-state index contributed by atoms with van der Waals surface area (Å²) in [6.45, 7) is 0. The minimum absolute atomic E-state index is 0.681. The Bertz CT molecular complexity index is 3090. The second-order valence-corrected chi connectivity index (χ2v) is 13.0. The summed E-state index contributed by atoms with van der Waals surface area (Å²) in [5.41, 5.74) is 10.1. The van der Waals surface area contributed by atoms with Gasteiger partial charge in [0.15, 0.2) is 5.82 Å². The zero-order valence-corrected chi connectivity index (χ0v) is 27.4. The molecule has 0 N–H and O–H groups in total. The van der Waals surface area contributed by atoms with E-state index < -0.39 is 0 Å². The highest BCUT2D eigenvalue weighted by molar-refractivity contribution is 6.15. The van der Waals surface area contributed by atoms with E-state index in [1.54, 1.807) is 0 Å². The number of rotatable bonds is 4. The first-order valence-corrected chi connectivity index (χ1v) is 17.2. The van der Waals surface area contributed by atoms with Gasteiger partial charge in [-0.3, -0.25) is 4.57 Å². The summed E-state index contributed by atoms with van der Waals surface area (Å²) in [4.78, 5) is 10.5. The Morgan fingerprint density at radius 3 is 1.71 bits per heavy atom. The molecule has 7 aromatic carbocycles. The number of hydrogen-bond acceptors (Lipinski definition) is 3. The molecule has 238 valence electrons. The minimum Gasteiger partial charge on any atom is -0.456 e. The molecule has 0 aliphatic carbocycles. The van der Waals surface area contributed by atoms with Crippen molar-refractivity contribution >= 4 is 65.6 Å². The van der Waals surface area contributed by atoms with Gasteiger partial charge in [-0.15, -0.1) is 0 Å². The van der Waals surface area contributed by atoms with E-state index in [0.29, 0.717) is 5.82 Å². The number of nitrogens with zero attached hydrogens (tertiary/aromatic N) is 4. The lowest BCUT2D eigenvalue weighted by atomic mass is 10.1. The summed E-state index contributed by atoms with van der Waals surface area (Å²) < 4.78 is 11.0. The van der Waals surface area contributed by atoms with Crippen molar-refractivity contribution in [1.82, 2.24) is 19.1 Å². The first-order chi connectivity index (χ1) is 25.3. The molecule has 0 aliphatic rings. The largest absolute Gasteiger partial charge is 0.456 e. The number of para-hydroxylation sites is 4. The van der Waals surface area contributed by atoms with Gasteiger partial charge in [0.05, 0.1) is 38.8 Å². The lowest BCUT2D eigenvalue weighted by molar-refractivity contribution is 0.669. The summed E-state index contributed by atoms with van der Waals surface area (Å²) in [5.74, 6) is 1.51. The van der Waals surface area contributed by atoms with Crippen molar-refractivity contribution in [2.24, 2.45) is 0 Å². The van der Waals surface area contributed by atoms with E-state index in [4.69, 9.17) is 14.4 Å². The molecule has 0 amide bonds. The van der Waals surface area contributed by atoms with Gasteiger partial charge >= 0.3 is 0 Å². The first kappa shape index (κ1) is 27.9. The van der Waals surface area contributed by atoms with Crippen molar-refractivity contribution in [2.75, 3.05) is 0 Å². The Hall–Kier alpha value is -6.98. The third-order valence-electron chi connectivity index (χ3n) is 10.1. The number of hydrogen-bond donors (Lipinski definition) is 0. The molecule has 4 aromatic heterocycles. The maximum absolute atomic E-state index is 6.34. The molecular formula is C46H28N4O. The molecule has 4 heterocycles. The Morgan fingerprint density at radius 1 is 0.392 bits per heavy atom. The summed E-state index contributed by atoms with van der Waals surface area (Å²) in [5, 5.41) is 6.97. The molecule has 0 radical (unpaired) electrons. The Morgan fingerprint density at radius 2 is 0.980 bits per heavy atom. The predicted molar refractivity (Wildman–Crippen MR) is 209 cm³/mol. The molecule has 5 nitrogen and oxygen atoms in total. The van der Waals surface area contributed by atoms with Gasteiger partial charge in [-0.2, -0.15) is 0 Å². The summed E-state index contributed by atoms with van der Waals surface area (Å²) >= 11 is 0. The monoisotopic (exact) mass is 652 g/mol. The normalized spacial score (nSPS) is 11.9. The second-order valence-electron chi connectivity index (χ2n) is 13.0. The van der Waals surface area contributed by atoms with Crippen LogP contribution in [-0.4, -0.2) is 19.1 Å². The quantitative estimate of drug-likeness (QED) is 0.190. The average Bonchev–Trinajstić information content (AvgIpc) is 3.86. The lowest BCUT2D eigenvalue weighted by Crippen LogP contribution is -2.02. The first-order valence-electron chi connectivity index (χ1n) is 17.2. The van der Waals surface area contributed by atoms with E-state index in [1.807, 2.05) is 30.3 Å². The number of furan rings is 1. The van der Waals surface area contributed by atoms with Crippen LogP contribution in [0.1, 0.15) is 0 Å². The molecule has 0 fully saturated rings. The van der Waals surface area contributed by atoms with Crippen LogP contribution in [0.25, 0.3) is 99.7 Å². The van der Waals surface area contributed by atoms with Crippen LogP contribution in [0.2, 0.25) is 0 Å². The predicted octanol–water partition coefficient (Wildman–Crippen LogP) is 11.9. The number of benzene rings is 7. The molecule has 5 heteroatoms. The summed E-state index contributed by atoms with van der Waals surface area (Å²) in [6.07, 6.45) is 0. The lowest BCUT2D eigenvalue weighted by Gasteiger charge is -2.13. The van der Waals surface area contributed by atoms with E-state index in [1.165, 1.54) is 21.5 Å². The van der Waals surface area contributed by atoms with Crippen molar-refractivity contribution in [3.05, 3.63) is 170 Å². The van der Waals surface area contributed by atoms with Gasteiger partial charge in [-0.05, 0) is 42.5 Å². The van der Waals surface area contributed by atoms with Crippen LogP contribution in [-0.2, 0) is 0 Å². The fraction of sp³-hybridized carbons (Fsp3) is 0. The van der Waals surface area contributed by atoms with Gasteiger partial charge in [0.1, 0.15) is 17.0 Å². The van der Waals surface area contributed by atoms with Crippen molar-refractivity contribution in [3.63, 3.8) is 0 Å². The smallest absolute Gasteiger partial charge is 0.162 e. The van der Waals surface area contributed by atoms with Crippen LogP contribution in [0.3, 0.4) is 0 Å². The van der Waals surface area contributed by atoms with Gasteiger partial charge in [-0.1, -0.05) is 121 Å². The molecule has 0 bridgehead atoms. The fourth-order valence-corrected chi connectivity index (χ4v) is 7.91. The molecule has 11 rings (SSSR count). The average molecular weight is 653 g/mol. The van der Waals surface area contributed by atoms with Crippen LogP contribution in [0.5, 0.6) is 0 Å². The molecule has 0 aliphatic heterocycles. The van der Waals surface area contributed by atoms with E-state index in [2.05, 4.69) is 149 Å². The molecule has 0 saturated carbocycles. The molecule has 11 aromatic rings. The van der Waals surface area contributed by atoms with E-state index in [-0.39, 0.29) is 0 Å². The molecule has 0 atom stereocenters. The number of aromatic nitrogens is 4. The van der Waals surface area contributed by atoms with Crippen LogP contribution in [0, 0.1) is 0 Å². The Kier molecular flexibility index (Phi) is 5.89. The molecule has 51 heavy (non-hydrogen) atoms. The maximum atomic E-state index is 6.34. The Balaban J connectivity index is 1.20. The zero-order chi connectivity index (χ0) is 33.5. The highest BCUT2D eigenvalue weighted by atomic mass is 16.3. The Labute approximate surface area is 292 Å². The highest BCUT2D eigenvalue weighted by Crippen LogP contribution is 2.40. The van der Waals surface area contributed by atoms with E-state index in [9.17, 15) is 0 Å². The standard InChI is InChI=1S/C46H28N4O/c1-2-13-29(14-3-1)46-47-36(28-44(48-46)50-38-20-9-5-15-31(38)32-16-6-10-21-39(32)50)30-25-26-34-33-17-4-8-19-37(33)49(41(34)27-30)40-22-12-24-43-45(40)35-18-7-11-23-42(35)51-43/h1-28H. The zero-order valence-electron chi connectivity index (χ0n) is 27.4. The van der Waals surface area contributed by atoms with Gasteiger partial charge < -0.3 is 8.98 Å². The minimum atomic E-state index is 0.681. The van der Waals surface area contributed by atoms with Crippen molar-refractivity contribution < 1.29 is 4.42 Å². The molecule has 0 saturated heterocycles. The van der Waals surface area contributed by atoms with Gasteiger partial charge in [0.25, 0.3) is 0 Å². The van der Waals surface area contributed by atoms with Crippen molar-refractivity contribution in [2.45, 2.75) is 0 Å². The molecular weight excluding hydrogens is 625 g/mol. The maximum Gasteiger partial charge on any atom is 0.162 e. The van der Waals surface area contributed by atoms with Gasteiger partial charge in [0, 0.05) is 44.1 Å². The van der Waals surface area contributed by atoms with Crippen LogP contribution in [0.15, 0.2) is 174 Å². The third kappa shape index (κ3) is 4.15. The van der Waals surface area contributed by atoms with Crippen molar-refractivity contribution in [1.29, 1.82) is 0 Å². The van der Waals surface area contributed by atoms with E-state index in [0.717, 1.165) is 72.3 Å².